The minimum Gasteiger partial charge on any atom is -0.465 e. The van der Waals surface area contributed by atoms with E-state index in [0.29, 0.717) is 11.4 Å². The summed E-state index contributed by atoms with van der Waals surface area (Å²) in [6, 6.07) is 10.3. The van der Waals surface area contributed by atoms with Crippen LogP contribution in [0.4, 0.5) is 11.4 Å². The second-order valence-corrected chi connectivity index (χ2v) is 10.3. The van der Waals surface area contributed by atoms with Gasteiger partial charge in [-0.15, -0.1) is 5.10 Å². The number of piperidine rings is 1. The number of benzene rings is 2. The highest BCUT2D eigenvalue weighted by Crippen LogP contribution is 2.44. The number of methoxy groups -OCH3 is 1. The van der Waals surface area contributed by atoms with E-state index in [1.807, 2.05) is 12.1 Å². The third-order valence-electron chi connectivity index (χ3n) is 6.28. The number of anilines is 2. The molecular weight excluding hydrogens is 456 g/mol. The highest BCUT2D eigenvalue weighted by atomic mass is 32.2. The van der Waals surface area contributed by atoms with Crippen LogP contribution >= 0.6 is 0 Å². The molecule has 1 saturated carbocycles. The first-order valence-electron chi connectivity index (χ1n) is 11.3. The van der Waals surface area contributed by atoms with Gasteiger partial charge in [-0.25, -0.2) is 17.9 Å². The van der Waals surface area contributed by atoms with Gasteiger partial charge in [0, 0.05) is 13.1 Å². The number of hydrogen-bond donors (Lipinski definition) is 1. The Balaban J connectivity index is 1.57. The zero-order chi connectivity index (χ0) is 23.7. The van der Waals surface area contributed by atoms with Gasteiger partial charge >= 0.3 is 5.97 Å². The van der Waals surface area contributed by atoms with E-state index in [9.17, 15) is 13.2 Å². The van der Waals surface area contributed by atoms with Crippen molar-refractivity contribution in [1.29, 1.82) is 0 Å². The predicted molar refractivity (Wildman–Crippen MR) is 126 cm³/mol. The predicted octanol–water partition coefficient (Wildman–Crippen LogP) is 3.12. The van der Waals surface area contributed by atoms with Gasteiger partial charge in [-0.3, -0.25) is 4.72 Å². The number of sulfonamides is 1. The molecule has 2 aliphatic rings. The topological polar surface area (TPSA) is 119 Å². The minimum atomic E-state index is -4.01. The summed E-state index contributed by atoms with van der Waals surface area (Å²) in [4.78, 5) is 14.4. The summed E-state index contributed by atoms with van der Waals surface area (Å²) >= 11 is 0. The standard InChI is InChI=1S/C23H26N6O4S/c1-33-23(30)17-7-9-19(16-5-6-16)22(13-17)34(31,32)25-20-14-18(29-15-24-26-27-29)8-10-21(20)28-11-3-2-4-12-28/h7-10,13-16,25H,2-6,11-12H2,1H3. The number of nitrogens with zero attached hydrogens (tertiary/aromatic N) is 5. The Morgan fingerprint density at radius 2 is 1.88 bits per heavy atom. The van der Waals surface area contributed by atoms with E-state index in [1.165, 1.54) is 24.2 Å². The highest BCUT2D eigenvalue weighted by molar-refractivity contribution is 7.92. The molecule has 0 unspecified atom stereocenters. The molecule has 1 saturated heterocycles. The third kappa shape index (κ3) is 4.47. The van der Waals surface area contributed by atoms with Gasteiger partial charge in [-0.05, 0) is 84.3 Å². The molecule has 0 amide bonds. The molecule has 2 aromatic carbocycles. The maximum atomic E-state index is 13.7. The molecule has 0 atom stereocenters. The van der Waals surface area contributed by atoms with Crippen LogP contribution in [0.2, 0.25) is 0 Å². The fourth-order valence-electron chi connectivity index (χ4n) is 4.38. The Hall–Kier alpha value is -3.47. The lowest BCUT2D eigenvalue weighted by Crippen LogP contribution is -2.30. The first-order valence-corrected chi connectivity index (χ1v) is 12.8. The van der Waals surface area contributed by atoms with E-state index < -0.39 is 16.0 Å². The zero-order valence-corrected chi connectivity index (χ0v) is 19.7. The molecule has 1 aliphatic carbocycles. The lowest BCUT2D eigenvalue weighted by molar-refractivity contribution is 0.0600. The van der Waals surface area contributed by atoms with Crippen LogP contribution in [0.25, 0.3) is 5.69 Å². The fourth-order valence-corrected chi connectivity index (χ4v) is 5.77. The molecule has 10 nitrogen and oxygen atoms in total. The highest BCUT2D eigenvalue weighted by Gasteiger charge is 2.32. The number of esters is 1. The van der Waals surface area contributed by atoms with E-state index in [0.717, 1.165) is 56.4 Å². The van der Waals surface area contributed by atoms with Crippen molar-refractivity contribution in [2.45, 2.75) is 42.9 Å². The summed E-state index contributed by atoms with van der Waals surface area (Å²) in [5, 5.41) is 11.3. The van der Waals surface area contributed by atoms with Crippen molar-refractivity contribution in [3.05, 3.63) is 53.9 Å². The lowest BCUT2D eigenvalue weighted by atomic mass is 10.1. The summed E-state index contributed by atoms with van der Waals surface area (Å²) in [7, 11) is -2.73. The molecule has 1 N–H and O–H groups in total. The molecule has 34 heavy (non-hydrogen) atoms. The van der Waals surface area contributed by atoms with E-state index in [1.54, 1.807) is 18.2 Å². The number of carbonyl (C=O) groups excluding carboxylic acids is 1. The zero-order valence-electron chi connectivity index (χ0n) is 18.8. The monoisotopic (exact) mass is 482 g/mol. The molecular formula is C23H26N6O4S. The van der Waals surface area contributed by atoms with Crippen LogP contribution in [-0.2, 0) is 14.8 Å². The maximum Gasteiger partial charge on any atom is 0.337 e. The fraction of sp³-hybridized carbons (Fsp3) is 0.391. The largest absolute Gasteiger partial charge is 0.465 e. The summed E-state index contributed by atoms with van der Waals surface area (Å²) in [6.07, 6.45) is 6.56. The van der Waals surface area contributed by atoms with E-state index in [4.69, 9.17) is 4.74 Å². The third-order valence-corrected chi connectivity index (χ3v) is 7.70. The normalized spacial score (nSPS) is 16.3. The van der Waals surface area contributed by atoms with Gasteiger partial charge in [0.25, 0.3) is 10.0 Å². The van der Waals surface area contributed by atoms with Crippen LogP contribution in [0.15, 0.2) is 47.6 Å². The number of carbonyl (C=O) groups is 1. The molecule has 11 heteroatoms. The Kier molecular flexibility index (Phi) is 5.94. The van der Waals surface area contributed by atoms with Crippen LogP contribution in [0.3, 0.4) is 0 Å². The molecule has 2 heterocycles. The first kappa shape index (κ1) is 22.3. The van der Waals surface area contributed by atoms with Crippen LogP contribution in [0, 0.1) is 0 Å². The summed E-state index contributed by atoms with van der Waals surface area (Å²) in [5.41, 5.74) is 2.80. The van der Waals surface area contributed by atoms with Crippen LogP contribution in [0.5, 0.6) is 0 Å². The number of nitrogens with one attached hydrogen (secondary N) is 1. The molecule has 1 aliphatic heterocycles. The molecule has 178 valence electrons. The Morgan fingerprint density at radius 1 is 1.09 bits per heavy atom. The van der Waals surface area contributed by atoms with Crippen molar-refractivity contribution in [1.82, 2.24) is 20.2 Å². The van der Waals surface area contributed by atoms with Gasteiger partial charge in [-0.1, -0.05) is 6.07 Å². The van der Waals surface area contributed by atoms with E-state index in [-0.39, 0.29) is 16.4 Å². The molecule has 0 spiro atoms. The maximum absolute atomic E-state index is 13.7. The lowest BCUT2D eigenvalue weighted by Gasteiger charge is -2.31. The van der Waals surface area contributed by atoms with Crippen molar-refractivity contribution in [2.75, 3.05) is 29.8 Å². The molecule has 5 rings (SSSR count). The van der Waals surface area contributed by atoms with Gasteiger partial charge in [-0.2, -0.15) is 0 Å². The van der Waals surface area contributed by atoms with Gasteiger partial charge < -0.3 is 9.64 Å². The number of hydrogen-bond acceptors (Lipinski definition) is 8. The SMILES string of the molecule is COC(=O)c1ccc(C2CC2)c(S(=O)(=O)Nc2cc(-n3cnnn3)ccc2N2CCCCC2)c1. The van der Waals surface area contributed by atoms with Crippen molar-refractivity contribution in [3.63, 3.8) is 0 Å². The number of tetrazole rings is 1. The van der Waals surface area contributed by atoms with Gasteiger partial charge in [0.15, 0.2) is 0 Å². The second kappa shape index (κ2) is 9.05. The Morgan fingerprint density at radius 3 is 2.56 bits per heavy atom. The molecule has 3 aromatic rings. The van der Waals surface area contributed by atoms with Crippen molar-refractivity contribution < 1.29 is 17.9 Å². The Bertz CT molecular complexity index is 1300. The number of aromatic nitrogens is 4. The first-order chi connectivity index (χ1) is 16.5. The number of ether oxygens (including phenoxy) is 1. The smallest absolute Gasteiger partial charge is 0.337 e. The number of rotatable bonds is 7. The second-order valence-electron chi connectivity index (χ2n) is 8.63. The average Bonchev–Trinajstić information content (AvgIpc) is 3.56. The molecule has 2 fully saturated rings. The van der Waals surface area contributed by atoms with Gasteiger partial charge in [0.1, 0.15) is 6.33 Å². The minimum absolute atomic E-state index is 0.107. The average molecular weight is 483 g/mol. The summed E-state index contributed by atoms with van der Waals surface area (Å²) < 4.78 is 36.5. The summed E-state index contributed by atoms with van der Waals surface area (Å²) in [6.45, 7) is 1.70. The molecule has 0 radical (unpaired) electrons. The molecule has 0 bridgehead atoms. The quantitative estimate of drug-likeness (QED) is 0.510. The van der Waals surface area contributed by atoms with Crippen LogP contribution in [0.1, 0.15) is 53.9 Å². The van der Waals surface area contributed by atoms with E-state index >= 15 is 0 Å². The molecule has 1 aromatic heterocycles. The van der Waals surface area contributed by atoms with Crippen molar-refractivity contribution >= 4 is 27.4 Å². The van der Waals surface area contributed by atoms with Crippen LogP contribution < -0.4 is 9.62 Å². The van der Waals surface area contributed by atoms with Crippen molar-refractivity contribution in [3.8, 4) is 5.69 Å². The van der Waals surface area contributed by atoms with Crippen molar-refractivity contribution in [2.24, 2.45) is 0 Å². The summed E-state index contributed by atoms with van der Waals surface area (Å²) in [5.74, 6) is -0.402. The van der Waals surface area contributed by atoms with Gasteiger partial charge in [0.05, 0.1) is 34.6 Å². The van der Waals surface area contributed by atoms with Crippen LogP contribution in [-0.4, -0.2) is 54.8 Å². The van der Waals surface area contributed by atoms with Gasteiger partial charge in [0.2, 0.25) is 0 Å². The van der Waals surface area contributed by atoms with E-state index in [2.05, 4.69) is 25.1 Å². The Labute approximate surface area is 198 Å².